The molecule has 0 rings (SSSR count). The number of carbonyl (C=O) groups excluding carboxylic acids is 2. The number of hydrogen-bond donors (Lipinski definition) is 2. The van der Waals surface area contributed by atoms with Crippen molar-refractivity contribution in [3.05, 3.63) is 0 Å². The van der Waals surface area contributed by atoms with Crippen LogP contribution in [0.1, 0.15) is 27.7 Å². The van der Waals surface area contributed by atoms with Gasteiger partial charge in [0.15, 0.2) is 6.04 Å². The number of primary amides is 1. The first kappa shape index (κ1) is 13.3. The summed E-state index contributed by atoms with van der Waals surface area (Å²) in [4.78, 5) is 22.1. The Balaban J connectivity index is 4.35. The van der Waals surface area contributed by atoms with Crippen LogP contribution in [-0.4, -0.2) is 23.6 Å². The molecule has 0 aliphatic heterocycles. The largest absolute Gasteiger partial charge is 0.444 e. The summed E-state index contributed by atoms with van der Waals surface area (Å²) in [6.07, 6.45) is -0.714. The summed E-state index contributed by atoms with van der Waals surface area (Å²) in [7, 11) is 0. The zero-order valence-corrected chi connectivity index (χ0v) is 9.38. The summed E-state index contributed by atoms with van der Waals surface area (Å²) >= 11 is 0. The molecule has 2 amide bonds. The van der Waals surface area contributed by atoms with E-state index in [0.29, 0.717) is 0 Å². The molecule has 1 atom stereocenters. The molecule has 84 valence electrons. The SMILES string of the molecule is CC#CC(NC(=O)OC(C)(C)C)C(N)=O. The van der Waals surface area contributed by atoms with E-state index in [-0.39, 0.29) is 0 Å². The molecule has 0 aromatic heterocycles. The van der Waals surface area contributed by atoms with Gasteiger partial charge in [-0.05, 0) is 27.7 Å². The molecule has 0 aromatic carbocycles. The zero-order valence-electron chi connectivity index (χ0n) is 9.38. The lowest BCUT2D eigenvalue weighted by Crippen LogP contribution is -2.45. The first-order valence-corrected chi connectivity index (χ1v) is 4.47. The zero-order chi connectivity index (χ0) is 12.1. The van der Waals surface area contributed by atoms with Gasteiger partial charge < -0.3 is 10.5 Å². The maximum atomic E-state index is 11.2. The predicted octanol–water partition coefficient (Wildman–Crippen LogP) is 0.388. The van der Waals surface area contributed by atoms with Crippen LogP contribution >= 0.6 is 0 Å². The minimum absolute atomic E-state index is 0.619. The Kier molecular flexibility index (Phi) is 4.65. The molecule has 0 heterocycles. The smallest absolute Gasteiger partial charge is 0.409 e. The number of carbonyl (C=O) groups is 2. The van der Waals surface area contributed by atoms with Crippen LogP contribution in [0.2, 0.25) is 0 Å². The second-order valence-corrected chi connectivity index (χ2v) is 3.88. The van der Waals surface area contributed by atoms with Gasteiger partial charge >= 0.3 is 6.09 Å². The lowest BCUT2D eigenvalue weighted by Gasteiger charge is -2.20. The van der Waals surface area contributed by atoms with Crippen LogP contribution in [0.3, 0.4) is 0 Å². The number of amides is 2. The van der Waals surface area contributed by atoms with Crippen LogP contribution < -0.4 is 11.1 Å². The molecular formula is C10H16N2O3. The third-order valence-electron chi connectivity index (χ3n) is 1.23. The van der Waals surface area contributed by atoms with Crippen molar-refractivity contribution in [3.63, 3.8) is 0 Å². The summed E-state index contributed by atoms with van der Waals surface area (Å²) in [6.45, 7) is 6.71. The summed E-state index contributed by atoms with van der Waals surface area (Å²) in [5.74, 6) is 4.25. The van der Waals surface area contributed by atoms with E-state index in [1.807, 2.05) is 0 Å². The number of rotatable bonds is 2. The van der Waals surface area contributed by atoms with Gasteiger partial charge in [-0.1, -0.05) is 5.92 Å². The molecule has 0 saturated carbocycles. The van der Waals surface area contributed by atoms with Crippen molar-refractivity contribution in [1.82, 2.24) is 5.32 Å². The van der Waals surface area contributed by atoms with Gasteiger partial charge in [-0.3, -0.25) is 10.1 Å². The van der Waals surface area contributed by atoms with Crippen molar-refractivity contribution in [2.75, 3.05) is 0 Å². The van der Waals surface area contributed by atoms with Gasteiger partial charge in [0, 0.05) is 0 Å². The lowest BCUT2D eigenvalue weighted by atomic mass is 10.2. The van der Waals surface area contributed by atoms with Gasteiger partial charge in [0.05, 0.1) is 0 Å². The molecule has 0 aliphatic rings. The van der Waals surface area contributed by atoms with Crippen molar-refractivity contribution in [2.45, 2.75) is 39.3 Å². The molecule has 5 nitrogen and oxygen atoms in total. The van der Waals surface area contributed by atoms with Crippen molar-refractivity contribution in [1.29, 1.82) is 0 Å². The van der Waals surface area contributed by atoms with E-state index in [4.69, 9.17) is 10.5 Å². The molecule has 0 saturated heterocycles. The first-order chi connectivity index (χ1) is 6.76. The minimum atomic E-state index is -1.01. The van der Waals surface area contributed by atoms with Gasteiger partial charge in [0.25, 0.3) is 5.91 Å². The second kappa shape index (κ2) is 5.25. The highest BCUT2D eigenvalue weighted by atomic mass is 16.6. The fraction of sp³-hybridized carbons (Fsp3) is 0.600. The number of hydrogen-bond acceptors (Lipinski definition) is 3. The highest BCUT2D eigenvalue weighted by Crippen LogP contribution is 2.06. The summed E-state index contributed by atoms with van der Waals surface area (Å²) in [5, 5.41) is 2.26. The monoisotopic (exact) mass is 212 g/mol. The van der Waals surface area contributed by atoms with Crippen LogP contribution in [0.5, 0.6) is 0 Å². The van der Waals surface area contributed by atoms with Gasteiger partial charge in [0.1, 0.15) is 5.60 Å². The summed E-state index contributed by atoms with van der Waals surface area (Å²) < 4.78 is 4.94. The third-order valence-corrected chi connectivity index (χ3v) is 1.23. The van der Waals surface area contributed by atoms with Gasteiger partial charge in [-0.2, -0.15) is 0 Å². The number of nitrogens with two attached hydrogens (primary N) is 1. The van der Waals surface area contributed by atoms with E-state index in [2.05, 4.69) is 17.2 Å². The highest BCUT2D eigenvalue weighted by molar-refractivity contribution is 5.87. The van der Waals surface area contributed by atoms with E-state index in [1.54, 1.807) is 27.7 Å². The topological polar surface area (TPSA) is 81.4 Å². The van der Waals surface area contributed by atoms with E-state index >= 15 is 0 Å². The molecule has 5 heteroatoms. The minimum Gasteiger partial charge on any atom is -0.444 e. The Bertz CT molecular complexity index is 307. The molecule has 0 aromatic rings. The Labute approximate surface area is 89.3 Å². The molecule has 0 bridgehead atoms. The maximum Gasteiger partial charge on any atom is 0.409 e. The Morgan fingerprint density at radius 1 is 1.40 bits per heavy atom. The van der Waals surface area contributed by atoms with Crippen LogP contribution in [-0.2, 0) is 9.53 Å². The van der Waals surface area contributed by atoms with Crippen LogP contribution in [0, 0.1) is 11.8 Å². The number of alkyl carbamates (subject to hydrolysis) is 1. The first-order valence-electron chi connectivity index (χ1n) is 4.47. The molecule has 0 fully saturated rings. The van der Waals surface area contributed by atoms with Gasteiger partial charge in [-0.15, -0.1) is 5.92 Å². The molecule has 0 spiro atoms. The van der Waals surface area contributed by atoms with E-state index in [0.717, 1.165) is 0 Å². The molecular weight excluding hydrogens is 196 g/mol. The maximum absolute atomic E-state index is 11.2. The Morgan fingerprint density at radius 2 is 1.93 bits per heavy atom. The summed E-state index contributed by atoms with van der Waals surface area (Å²) in [5.41, 5.74) is 4.40. The predicted molar refractivity (Wildman–Crippen MR) is 55.8 cm³/mol. The number of ether oxygens (including phenoxy) is 1. The third kappa shape index (κ3) is 6.38. The average molecular weight is 212 g/mol. The van der Waals surface area contributed by atoms with Crippen molar-refractivity contribution in [3.8, 4) is 11.8 Å². The second-order valence-electron chi connectivity index (χ2n) is 3.88. The van der Waals surface area contributed by atoms with Crippen molar-refractivity contribution >= 4 is 12.0 Å². The Hall–Kier alpha value is -1.70. The quantitative estimate of drug-likeness (QED) is 0.649. The number of nitrogens with one attached hydrogen (secondary N) is 1. The van der Waals surface area contributed by atoms with Crippen LogP contribution in [0.4, 0.5) is 4.79 Å². The van der Waals surface area contributed by atoms with Gasteiger partial charge in [-0.25, -0.2) is 4.79 Å². The van der Waals surface area contributed by atoms with E-state index in [9.17, 15) is 9.59 Å². The highest BCUT2D eigenvalue weighted by Gasteiger charge is 2.20. The fourth-order valence-electron chi connectivity index (χ4n) is 0.748. The fourth-order valence-corrected chi connectivity index (χ4v) is 0.748. The Morgan fingerprint density at radius 3 is 2.27 bits per heavy atom. The normalized spacial score (nSPS) is 12.0. The molecule has 0 aliphatic carbocycles. The lowest BCUT2D eigenvalue weighted by molar-refractivity contribution is -0.118. The van der Waals surface area contributed by atoms with Gasteiger partial charge in [0.2, 0.25) is 0 Å². The van der Waals surface area contributed by atoms with Crippen LogP contribution in [0.25, 0.3) is 0 Å². The van der Waals surface area contributed by atoms with Crippen LogP contribution in [0.15, 0.2) is 0 Å². The van der Waals surface area contributed by atoms with Crippen molar-refractivity contribution in [2.24, 2.45) is 5.73 Å². The van der Waals surface area contributed by atoms with E-state index in [1.165, 1.54) is 0 Å². The molecule has 15 heavy (non-hydrogen) atoms. The summed E-state index contributed by atoms with van der Waals surface area (Å²) in [6, 6.07) is -1.01. The average Bonchev–Trinajstić information content (AvgIpc) is 1.99. The van der Waals surface area contributed by atoms with E-state index < -0.39 is 23.6 Å². The standard InChI is InChI=1S/C10H16N2O3/c1-5-6-7(8(11)13)12-9(14)15-10(2,3)4/h7H,1-4H3,(H2,11,13)(H,12,14). The molecule has 3 N–H and O–H groups in total. The molecule has 0 radical (unpaired) electrons. The van der Waals surface area contributed by atoms with Crippen molar-refractivity contribution < 1.29 is 14.3 Å². The molecule has 1 unspecified atom stereocenters.